The van der Waals surface area contributed by atoms with Crippen LogP contribution in [0.4, 0.5) is 0 Å². The topological polar surface area (TPSA) is 44.9 Å². The SMILES string of the molecule is O=C(NCCc1c[nH]c2ccc(Cl)cc12)c1ccc(Cc2ccc(Cl)cc2)cc1. The average Bonchev–Trinajstić information content (AvgIpc) is 3.12. The van der Waals surface area contributed by atoms with Crippen LogP contribution in [-0.2, 0) is 12.8 Å². The molecule has 4 aromatic rings. The number of hydrogen-bond acceptors (Lipinski definition) is 1. The van der Waals surface area contributed by atoms with Crippen molar-refractivity contribution in [1.29, 1.82) is 0 Å². The molecule has 0 aliphatic carbocycles. The number of rotatable bonds is 6. The van der Waals surface area contributed by atoms with Crippen LogP contribution in [0.5, 0.6) is 0 Å². The van der Waals surface area contributed by atoms with Gasteiger partial charge in [0.1, 0.15) is 0 Å². The summed E-state index contributed by atoms with van der Waals surface area (Å²) in [5.41, 5.74) is 5.19. The Hall–Kier alpha value is -2.75. The zero-order valence-electron chi connectivity index (χ0n) is 15.7. The van der Waals surface area contributed by atoms with E-state index in [1.807, 2.05) is 72.9 Å². The van der Waals surface area contributed by atoms with Gasteiger partial charge < -0.3 is 10.3 Å². The number of carbonyl (C=O) groups excluding carboxylic acids is 1. The maximum Gasteiger partial charge on any atom is 0.251 e. The smallest absolute Gasteiger partial charge is 0.251 e. The average molecular weight is 423 g/mol. The molecule has 146 valence electrons. The van der Waals surface area contributed by atoms with Crippen LogP contribution in [0.25, 0.3) is 10.9 Å². The van der Waals surface area contributed by atoms with E-state index < -0.39 is 0 Å². The van der Waals surface area contributed by atoms with Crippen molar-refractivity contribution in [2.75, 3.05) is 6.54 Å². The van der Waals surface area contributed by atoms with Gasteiger partial charge in [-0.2, -0.15) is 0 Å². The number of fused-ring (bicyclic) bond motifs is 1. The molecule has 0 spiro atoms. The highest BCUT2D eigenvalue weighted by Crippen LogP contribution is 2.22. The number of halogens is 2. The van der Waals surface area contributed by atoms with Crippen LogP contribution >= 0.6 is 23.2 Å². The zero-order valence-corrected chi connectivity index (χ0v) is 17.2. The summed E-state index contributed by atoms with van der Waals surface area (Å²) in [6.07, 6.45) is 3.52. The van der Waals surface area contributed by atoms with Gasteiger partial charge >= 0.3 is 0 Å². The summed E-state index contributed by atoms with van der Waals surface area (Å²) in [5, 5.41) is 5.53. The molecule has 1 heterocycles. The minimum absolute atomic E-state index is 0.0686. The Balaban J connectivity index is 1.33. The lowest BCUT2D eigenvalue weighted by Crippen LogP contribution is -2.25. The van der Waals surface area contributed by atoms with E-state index in [1.165, 1.54) is 5.56 Å². The Kier molecular flexibility index (Phi) is 5.89. The minimum Gasteiger partial charge on any atom is -0.361 e. The van der Waals surface area contributed by atoms with Gasteiger partial charge in [-0.1, -0.05) is 47.5 Å². The largest absolute Gasteiger partial charge is 0.361 e. The molecule has 29 heavy (non-hydrogen) atoms. The van der Waals surface area contributed by atoms with Crippen molar-refractivity contribution >= 4 is 40.0 Å². The lowest BCUT2D eigenvalue weighted by molar-refractivity contribution is 0.0954. The van der Waals surface area contributed by atoms with Crippen LogP contribution in [-0.4, -0.2) is 17.4 Å². The van der Waals surface area contributed by atoms with E-state index in [-0.39, 0.29) is 5.91 Å². The van der Waals surface area contributed by atoms with Gasteiger partial charge in [0.25, 0.3) is 5.91 Å². The van der Waals surface area contributed by atoms with Gasteiger partial charge in [-0.25, -0.2) is 0 Å². The third-order valence-electron chi connectivity index (χ3n) is 4.95. The molecule has 0 saturated carbocycles. The zero-order chi connectivity index (χ0) is 20.2. The van der Waals surface area contributed by atoms with E-state index in [9.17, 15) is 4.79 Å². The van der Waals surface area contributed by atoms with Gasteiger partial charge in [-0.15, -0.1) is 0 Å². The fraction of sp³-hybridized carbons (Fsp3) is 0.125. The van der Waals surface area contributed by atoms with E-state index in [2.05, 4.69) is 10.3 Å². The standard InChI is InChI=1S/C24H20Cl2N2O/c25-20-7-3-17(4-8-20)13-16-1-5-18(6-2-16)24(29)27-12-11-19-15-28-23-10-9-21(26)14-22(19)23/h1-10,14-15,28H,11-13H2,(H,27,29). The van der Waals surface area contributed by atoms with Gasteiger partial charge in [0.15, 0.2) is 0 Å². The van der Waals surface area contributed by atoms with Crippen LogP contribution in [0.3, 0.4) is 0 Å². The molecule has 0 aliphatic heterocycles. The normalized spacial score (nSPS) is 11.0. The fourth-order valence-electron chi connectivity index (χ4n) is 3.38. The third kappa shape index (κ3) is 4.81. The lowest BCUT2D eigenvalue weighted by atomic mass is 10.0. The first-order chi connectivity index (χ1) is 14.1. The van der Waals surface area contributed by atoms with Crippen molar-refractivity contribution in [2.45, 2.75) is 12.8 Å². The van der Waals surface area contributed by atoms with Crippen molar-refractivity contribution in [2.24, 2.45) is 0 Å². The van der Waals surface area contributed by atoms with Crippen LogP contribution in [0.15, 0.2) is 72.9 Å². The van der Waals surface area contributed by atoms with Gasteiger partial charge in [0.2, 0.25) is 0 Å². The third-order valence-corrected chi connectivity index (χ3v) is 5.43. The fourth-order valence-corrected chi connectivity index (χ4v) is 3.68. The molecule has 0 fully saturated rings. The predicted octanol–water partition coefficient (Wildman–Crippen LogP) is 6.04. The number of amides is 1. The summed E-state index contributed by atoms with van der Waals surface area (Å²) in [7, 11) is 0. The van der Waals surface area contributed by atoms with Crippen molar-refractivity contribution < 1.29 is 4.79 Å². The number of H-pyrrole nitrogens is 1. The number of hydrogen-bond donors (Lipinski definition) is 2. The van der Waals surface area contributed by atoms with Crippen LogP contribution in [0.2, 0.25) is 10.0 Å². The summed E-state index contributed by atoms with van der Waals surface area (Å²) in [6, 6.07) is 21.3. The second-order valence-electron chi connectivity index (χ2n) is 7.01. The number of carbonyl (C=O) groups is 1. The van der Waals surface area contributed by atoms with Gasteiger partial charge in [-0.05, 0) is 72.0 Å². The molecule has 0 unspecified atom stereocenters. The highest BCUT2D eigenvalue weighted by atomic mass is 35.5. The molecule has 0 radical (unpaired) electrons. The van der Waals surface area contributed by atoms with Gasteiger partial charge in [0.05, 0.1) is 0 Å². The van der Waals surface area contributed by atoms with E-state index >= 15 is 0 Å². The molecule has 0 bridgehead atoms. The first-order valence-corrected chi connectivity index (χ1v) is 10.2. The predicted molar refractivity (Wildman–Crippen MR) is 120 cm³/mol. The second-order valence-corrected chi connectivity index (χ2v) is 7.88. The molecular formula is C24H20Cl2N2O. The van der Waals surface area contributed by atoms with Crippen LogP contribution in [0, 0.1) is 0 Å². The van der Waals surface area contributed by atoms with E-state index in [4.69, 9.17) is 23.2 Å². The summed E-state index contributed by atoms with van der Waals surface area (Å²) >= 11 is 12.0. The Labute approximate surface area is 179 Å². The first-order valence-electron chi connectivity index (χ1n) is 9.45. The first kappa shape index (κ1) is 19.6. The van der Waals surface area contributed by atoms with Crippen LogP contribution in [0.1, 0.15) is 27.0 Å². The Morgan fingerprint density at radius 1 is 0.862 bits per heavy atom. The summed E-state index contributed by atoms with van der Waals surface area (Å²) in [5.74, 6) is -0.0686. The molecule has 0 atom stereocenters. The molecule has 3 nitrogen and oxygen atoms in total. The molecule has 3 aromatic carbocycles. The Morgan fingerprint density at radius 3 is 2.24 bits per heavy atom. The Morgan fingerprint density at radius 2 is 1.52 bits per heavy atom. The van der Waals surface area contributed by atoms with Crippen molar-refractivity contribution in [3.05, 3.63) is 105 Å². The number of aromatic amines is 1. The molecule has 2 N–H and O–H groups in total. The second kappa shape index (κ2) is 8.73. The quantitative estimate of drug-likeness (QED) is 0.390. The molecule has 1 amide bonds. The molecule has 0 saturated heterocycles. The van der Waals surface area contributed by atoms with E-state index in [0.717, 1.165) is 39.9 Å². The summed E-state index contributed by atoms with van der Waals surface area (Å²) in [6.45, 7) is 0.560. The van der Waals surface area contributed by atoms with Crippen molar-refractivity contribution in [3.63, 3.8) is 0 Å². The molecule has 5 heteroatoms. The van der Waals surface area contributed by atoms with Crippen molar-refractivity contribution in [3.8, 4) is 0 Å². The number of nitrogens with one attached hydrogen (secondary N) is 2. The highest BCUT2D eigenvalue weighted by molar-refractivity contribution is 6.31. The highest BCUT2D eigenvalue weighted by Gasteiger charge is 2.08. The van der Waals surface area contributed by atoms with Gasteiger partial charge in [-0.3, -0.25) is 4.79 Å². The van der Waals surface area contributed by atoms with E-state index in [1.54, 1.807) is 0 Å². The van der Waals surface area contributed by atoms with Crippen LogP contribution < -0.4 is 5.32 Å². The minimum atomic E-state index is -0.0686. The van der Waals surface area contributed by atoms with Crippen molar-refractivity contribution in [1.82, 2.24) is 10.3 Å². The summed E-state index contributed by atoms with van der Waals surface area (Å²) < 4.78 is 0. The molecule has 1 aromatic heterocycles. The number of benzene rings is 3. The number of aromatic nitrogens is 1. The Bertz CT molecular complexity index is 1130. The molecule has 4 rings (SSSR count). The monoisotopic (exact) mass is 422 g/mol. The maximum absolute atomic E-state index is 12.4. The van der Waals surface area contributed by atoms with E-state index in [0.29, 0.717) is 17.1 Å². The lowest BCUT2D eigenvalue weighted by Gasteiger charge is -2.07. The van der Waals surface area contributed by atoms with Gasteiger partial charge in [0, 0.05) is 39.3 Å². The molecular weight excluding hydrogens is 403 g/mol. The summed E-state index contributed by atoms with van der Waals surface area (Å²) in [4.78, 5) is 15.7. The maximum atomic E-state index is 12.4. The molecule has 0 aliphatic rings.